The van der Waals surface area contributed by atoms with E-state index in [2.05, 4.69) is 5.32 Å². The number of nitrogens with one attached hydrogen (secondary N) is 1. The molecule has 1 saturated heterocycles. The lowest BCUT2D eigenvalue weighted by atomic mass is 9.98. The van der Waals surface area contributed by atoms with Crippen molar-refractivity contribution in [3.8, 4) is 5.75 Å². The van der Waals surface area contributed by atoms with Crippen LogP contribution in [0, 0.1) is 11.7 Å². The summed E-state index contributed by atoms with van der Waals surface area (Å²) in [5.41, 5.74) is 5.98. The third-order valence-electron chi connectivity index (χ3n) is 4.94. The number of amides is 2. The van der Waals surface area contributed by atoms with Crippen LogP contribution in [0.3, 0.4) is 0 Å². The van der Waals surface area contributed by atoms with E-state index in [0.29, 0.717) is 24.1 Å². The first-order valence-electron chi connectivity index (χ1n) is 9.27. The average molecular weight is 435 g/mol. The quantitative estimate of drug-likeness (QED) is 0.719. The van der Waals surface area contributed by atoms with E-state index >= 15 is 0 Å². The highest BCUT2D eigenvalue weighted by Gasteiger charge is 2.35. The van der Waals surface area contributed by atoms with Crippen molar-refractivity contribution in [1.82, 2.24) is 4.31 Å². The molecule has 1 atom stereocenters. The molecule has 1 heterocycles. The molecule has 2 aromatic carbocycles. The maximum absolute atomic E-state index is 13.7. The average Bonchev–Trinajstić information content (AvgIpc) is 2.74. The first-order valence-corrected chi connectivity index (χ1v) is 10.7. The van der Waals surface area contributed by atoms with Gasteiger partial charge in [0.15, 0.2) is 0 Å². The van der Waals surface area contributed by atoms with Crippen molar-refractivity contribution in [3.63, 3.8) is 0 Å². The molecule has 0 saturated carbocycles. The molecule has 0 unspecified atom stereocenters. The van der Waals surface area contributed by atoms with E-state index in [9.17, 15) is 22.4 Å². The lowest BCUT2D eigenvalue weighted by molar-refractivity contribution is -0.120. The number of nitrogens with two attached hydrogens (primary N) is 1. The molecule has 8 nitrogen and oxygen atoms in total. The number of methoxy groups -OCH3 is 1. The largest absolute Gasteiger partial charge is 0.495 e. The molecule has 0 spiro atoms. The van der Waals surface area contributed by atoms with Gasteiger partial charge in [0.2, 0.25) is 21.8 Å². The molecule has 1 aliphatic rings. The van der Waals surface area contributed by atoms with E-state index in [4.69, 9.17) is 10.5 Å². The van der Waals surface area contributed by atoms with Crippen molar-refractivity contribution >= 4 is 27.5 Å². The molecular formula is C20H22FN3O5S. The number of primary amides is 1. The molecule has 0 radical (unpaired) electrons. The number of rotatable bonds is 6. The molecule has 2 amide bonds. The predicted molar refractivity (Wildman–Crippen MR) is 108 cm³/mol. The van der Waals surface area contributed by atoms with Crippen molar-refractivity contribution in [2.24, 2.45) is 11.7 Å². The third-order valence-corrected chi connectivity index (χ3v) is 6.82. The Kier molecular flexibility index (Phi) is 6.37. The molecule has 10 heteroatoms. The smallest absolute Gasteiger partial charge is 0.248 e. The zero-order valence-electron chi connectivity index (χ0n) is 16.3. The molecule has 0 bridgehead atoms. The van der Waals surface area contributed by atoms with Crippen LogP contribution in [0.25, 0.3) is 0 Å². The van der Waals surface area contributed by atoms with Gasteiger partial charge in [0.05, 0.1) is 13.0 Å². The van der Waals surface area contributed by atoms with Crippen LogP contribution in [-0.4, -0.2) is 44.7 Å². The number of ether oxygens (including phenoxy) is 1. The zero-order chi connectivity index (χ0) is 21.9. The van der Waals surface area contributed by atoms with Gasteiger partial charge in [0.25, 0.3) is 0 Å². The number of sulfonamides is 1. The Balaban J connectivity index is 1.75. The molecular weight excluding hydrogens is 413 g/mol. The summed E-state index contributed by atoms with van der Waals surface area (Å²) in [4.78, 5) is 23.5. The fraction of sp³-hybridized carbons (Fsp3) is 0.300. The van der Waals surface area contributed by atoms with Gasteiger partial charge in [-0.25, -0.2) is 12.8 Å². The van der Waals surface area contributed by atoms with E-state index < -0.39 is 27.7 Å². The fourth-order valence-corrected chi connectivity index (χ4v) is 5.02. The number of halogens is 1. The van der Waals surface area contributed by atoms with Gasteiger partial charge in [-0.15, -0.1) is 0 Å². The number of hydrogen-bond acceptors (Lipinski definition) is 5. The van der Waals surface area contributed by atoms with Crippen LogP contribution in [0.5, 0.6) is 5.75 Å². The van der Waals surface area contributed by atoms with Crippen LogP contribution in [0.1, 0.15) is 23.2 Å². The Bertz CT molecular complexity index is 1060. The van der Waals surface area contributed by atoms with Gasteiger partial charge in [-0.3, -0.25) is 9.59 Å². The number of anilines is 1. The van der Waals surface area contributed by atoms with Gasteiger partial charge in [-0.2, -0.15) is 4.31 Å². The van der Waals surface area contributed by atoms with E-state index in [1.807, 2.05) is 0 Å². The second kappa shape index (κ2) is 8.80. The second-order valence-corrected chi connectivity index (χ2v) is 8.83. The number of carbonyl (C=O) groups is 2. The molecule has 3 rings (SSSR count). The summed E-state index contributed by atoms with van der Waals surface area (Å²) in [6.07, 6.45) is 0.993. The minimum atomic E-state index is -4.04. The Morgan fingerprint density at radius 3 is 2.53 bits per heavy atom. The Hall–Kier alpha value is -2.98. The van der Waals surface area contributed by atoms with Crippen LogP contribution in [0.15, 0.2) is 47.4 Å². The van der Waals surface area contributed by atoms with Crippen molar-refractivity contribution in [1.29, 1.82) is 0 Å². The maximum atomic E-state index is 13.7. The SMILES string of the molecule is COc1ccc(F)cc1S(=O)(=O)N1CCC[C@H](C(=O)Nc2ccc(C(N)=O)cc2)C1. The molecule has 3 N–H and O–H groups in total. The van der Waals surface area contributed by atoms with Crippen LogP contribution < -0.4 is 15.8 Å². The van der Waals surface area contributed by atoms with Gasteiger partial charge >= 0.3 is 0 Å². The van der Waals surface area contributed by atoms with E-state index in [0.717, 1.165) is 12.1 Å². The fourth-order valence-electron chi connectivity index (χ4n) is 3.33. The van der Waals surface area contributed by atoms with Crippen molar-refractivity contribution in [2.75, 3.05) is 25.5 Å². The van der Waals surface area contributed by atoms with Crippen LogP contribution >= 0.6 is 0 Å². The number of nitrogens with zero attached hydrogens (tertiary/aromatic N) is 1. The molecule has 1 aliphatic heterocycles. The summed E-state index contributed by atoms with van der Waals surface area (Å²) in [6.45, 7) is 0.187. The zero-order valence-corrected chi connectivity index (χ0v) is 17.1. The van der Waals surface area contributed by atoms with Gasteiger partial charge < -0.3 is 15.8 Å². The summed E-state index contributed by atoms with van der Waals surface area (Å²) in [6, 6.07) is 9.37. The first-order chi connectivity index (χ1) is 14.2. The predicted octanol–water partition coefficient (Wildman–Crippen LogP) is 1.97. The summed E-state index contributed by atoms with van der Waals surface area (Å²) < 4.78 is 46.0. The maximum Gasteiger partial charge on any atom is 0.248 e. The summed E-state index contributed by atoms with van der Waals surface area (Å²) >= 11 is 0. The summed E-state index contributed by atoms with van der Waals surface area (Å²) in [7, 11) is -2.74. The molecule has 2 aromatic rings. The van der Waals surface area contributed by atoms with E-state index in [1.165, 1.54) is 29.6 Å². The van der Waals surface area contributed by atoms with Crippen LogP contribution in [-0.2, 0) is 14.8 Å². The third kappa shape index (κ3) is 4.60. The summed E-state index contributed by atoms with van der Waals surface area (Å²) in [5, 5.41) is 2.72. The van der Waals surface area contributed by atoms with Gasteiger partial charge in [0.1, 0.15) is 16.5 Å². The molecule has 0 aromatic heterocycles. The Morgan fingerprint density at radius 1 is 1.20 bits per heavy atom. The normalized spacial score (nSPS) is 17.3. The minimum absolute atomic E-state index is 0.0345. The molecule has 160 valence electrons. The monoisotopic (exact) mass is 435 g/mol. The van der Waals surface area contributed by atoms with E-state index in [1.54, 1.807) is 12.1 Å². The van der Waals surface area contributed by atoms with Gasteiger partial charge in [-0.1, -0.05) is 0 Å². The standard InChI is InChI=1S/C20H22FN3O5S/c1-29-17-9-6-15(21)11-18(17)30(27,28)24-10-2-3-14(12-24)20(26)23-16-7-4-13(5-8-16)19(22)25/h4-9,11,14H,2-3,10,12H2,1H3,(H2,22,25)(H,23,26)/t14-/m0/s1. The van der Waals surface area contributed by atoms with Gasteiger partial charge in [0, 0.05) is 24.3 Å². The number of carbonyl (C=O) groups excluding carboxylic acids is 2. The topological polar surface area (TPSA) is 119 Å². The highest BCUT2D eigenvalue weighted by atomic mass is 32.2. The Labute approximate surface area is 173 Å². The van der Waals surface area contributed by atoms with E-state index in [-0.39, 0.29) is 29.6 Å². The lowest BCUT2D eigenvalue weighted by Crippen LogP contribution is -2.43. The van der Waals surface area contributed by atoms with Crippen molar-refractivity contribution in [3.05, 3.63) is 53.8 Å². The molecule has 30 heavy (non-hydrogen) atoms. The van der Waals surface area contributed by atoms with Crippen molar-refractivity contribution in [2.45, 2.75) is 17.7 Å². The summed E-state index contributed by atoms with van der Waals surface area (Å²) in [5.74, 6) is -2.15. The minimum Gasteiger partial charge on any atom is -0.495 e. The van der Waals surface area contributed by atoms with Crippen molar-refractivity contribution < 1.29 is 27.1 Å². The molecule has 1 fully saturated rings. The van der Waals surface area contributed by atoms with Crippen LogP contribution in [0.4, 0.5) is 10.1 Å². The van der Waals surface area contributed by atoms with Gasteiger partial charge in [-0.05, 0) is 55.3 Å². The highest BCUT2D eigenvalue weighted by Crippen LogP contribution is 2.30. The first kappa shape index (κ1) is 21.7. The number of benzene rings is 2. The second-order valence-electron chi connectivity index (χ2n) is 6.93. The molecule has 0 aliphatic carbocycles. The lowest BCUT2D eigenvalue weighted by Gasteiger charge is -2.31. The van der Waals surface area contributed by atoms with Crippen LogP contribution in [0.2, 0.25) is 0 Å². The number of piperidine rings is 1. The number of hydrogen-bond donors (Lipinski definition) is 2. The highest BCUT2D eigenvalue weighted by molar-refractivity contribution is 7.89. The Morgan fingerprint density at radius 2 is 1.90 bits per heavy atom.